The summed E-state index contributed by atoms with van der Waals surface area (Å²) in [6, 6.07) is 0. The monoisotopic (exact) mass is 319 g/mol. The minimum absolute atomic E-state index is 0.0536. The lowest BCUT2D eigenvalue weighted by molar-refractivity contribution is 0.0905. The van der Waals surface area contributed by atoms with Crippen LogP contribution in [0.25, 0.3) is 0 Å². The Morgan fingerprint density at radius 3 is 2.76 bits per heavy atom. The van der Waals surface area contributed by atoms with Crippen molar-refractivity contribution in [3.63, 3.8) is 0 Å². The number of halogens is 1. The van der Waals surface area contributed by atoms with E-state index < -0.39 is 0 Å². The van der Waals surface area contributed by atoms with Gasteiger partial charge in [-0.3, -0.25) is 4.79 Å². The van der Waals surface area contributed by atoms with Crippen molar-refractivity contribution in [3.05, 3.63) is 10.6 Å². The average molecular weight is 320 g/mol. The van der Waals surface area contributed by atoms with Crippen molar-refractivity contribution in [2.75, 3.05) is 5.33 Å². The lowest BCUT2D eigenvalue weighted by Crippen LogP contribution is -2.45. The molecule has 1 heterocycles. The van der Waals surface area contributed by atoms with Crippen LogP contribution in [-0.4, -0.2) is 26.4 Å². The maximum absolute atomic E-state index is 12.1. The highest BCUT2D eigenvalue weighted by molar-refractivity contribution is 9.09. The third kappa shape index (κ3) is 3.74. The van der Waals surface area contributed by atoms with Gasteiger partial charge in [-0.2, -0.15) is 0 Å². The van der Waals surface area contributed by atoms with Crippen molar-refractivity contribution in [1.29, 1.82) is 0 Å². The second-order valence-corrected chi connectivity index (χ2v) is 5.76. The number of aryl methyl sites for hydroxylation is 1. The van der Waals surface area contributed by atoms with Crippen molar-refractivity contribution < 1.29 is 4.79 Å². The zero-order chi connectivity index (χ0) is 12.9. The van der Waals surface area contributed by atoms with Crippen LogP contribution in [0.1, 0.15) is 49.0 Å². The third-order valence-corrected chi connectivity index (χ3v) is 4.10. The van der Waals surface area contributed by atoms with Gasteiger partial charge in [-0.1, -0.05) is 34.3 Å². The van der Waals surface area contributed by atoms with Crippen LogP contribution in [0.2, 0.25) is 0 Å². The second kappa shape index (κ2) is 6.44. The summed E-state index contributed by atoms with van der Waals surface area (Å²) in [6.45, 7) is 6.12. The van der Waals surface area contributed by atoms with Crippen LogP contribution in [-0.2, 0) is 6.42 Å². The molecule has 0 saturated heterocycles. The summed E-state index contributed by atoms with van der Waals surface area (Å²) in [7, 11) is 0. The minimum Gasteiger partial charge on any atom is -0.346 e. The number of amides is 1. The van der Waals surface area contributed by atoms with E-state index in [0.717, 1.165) is 30.3 Å². The minimum atomic E-state index is -0.171. The molecule has 1 atom stereocenters. The van der Waals surface area contributed by atoms with Crippen molar-refractivity contribution in [2.45, 2.75) is 45.6 Å². The number of aromatic nitrogens is 2. The van der Waals surface area contributed by atoms with E-state index in [0.29, 0.717) is 4.88 Å². The Labute approximate surface area is 114 Å². The number of alkyl halides is 1. The average Bonchev–Trinajstić information content (AvgIpc) is 2.77. The van der Waals surface area contributed by atoms with Gasteiger partial charge < -0.3 is 5.32 Å². The Morgan fingerprint density at radius 2 is 2.24 bits per heavy atom. The van der Waals surface area contributed by atoms with Crippen molar-refractivity contribution in [2.24, 2.45) is 0 Å². The largest absolute Gasteiger partial charge is 0.346 e. The molecular formula is C11H18BrN3OS. The highest BCUT2D eigenvalue weighted by Crippen LogP contribution is 2.18. The van der Waals surface area contributed by atoms with Gasteiger partial charge in [0, 0.05) is 10.9 Å². The van der Waals surface area contributed by atoms with Gasteiger partial charge in [0.1, 0.15) is 4.88 Å². The lowest BCUT2D eigenvalue weighted by atomic mass is 9.95. The van der Waals surface area contributed by atoms with E-state index in [1.807, 2.05) is 6.92 Å². The topological polar surface area (TPSA) is 54.9 Å². The molecular weight excluding hydrogens is 302 g/mol. The first-order valence-electron chi connectivity index (χ1n) is 5.76. The van der Waals surface area contributed by atoms with Crippen LogP contribution < -0.4 is 5.32 Å². The Bertz CT molecular complexity index is 383. The fourth-order valence-electron chi connectivity index (χ4n) is 1.48. The number of hydrogen-bond acceptors (Lipinski definition) is 4. The number of nitrogens with zero attached hydrogens (tertiary/aromatic N) is 2. The fraction of sp³-hybridized carbons (Fsp3) is 0.727. The van der Waals surface area contributed by atoms with E-state index in [-0.39, 0.29) is 11.4 Å². The molecule has 0 fully saturated rings. The van der Waals surface area contributed by atoms with Crippen LogP contribution in [0.15, 0.2) is 0 Å². The van der Waals surface area contributed by atoms with Crippen LogP contribution in [0, 0.1) is 0 Å². The third-order valence-electron chi connectivity index (χ3n) is 2.94. The number of nitrogens with one attached hydrogen (secondary N) is 1. The molecule has 0 aliphatic rings. The van der Waals surface area contributed by atoms with Crippen LogP contribution in [0.3, 0.4) is 0 Å². The van der Waals surface area contributed by atoms with E-state index >= 15 is 0 Å². The van der Waals surface area contributed by atoms with E-state index in [9.17, 15) is 4.79 Å². The van der Waals surface area contributed by atoms with Crippen molar-refractivity contribution in [3.8, 4) is 0 Å². The number of hydrogen-bond donors (Lipinski definition) is 1. The van der Waals surface area contributed by atoms with Gasteiger partial charge >= 0.3 is 0 Å². The zero-order valence-corrected chi connectivity index (χ0v) is 12.8. The van der Waals surface area contributed by atoms with Gasteiger partial charge in [0.15, 0.2) is 0 Å². The quantitative estimate of drug-likeness (QED) is 0.820. The number of carbonyl (C=O) groups excluding carboxylic acids is 1. The van der Waals surface area contributed by atoms with Crippen molar-refractivity contribution >= 4 is 33.4 Å². The SMILES string of the molecule is CCc1nnsc1C(=O)NC(C)(CC)CCBr. The standard InChI is InChI=1S/C11H18BrN3OS/c1-4-8-9(17-15-14-8)10(16)13-11(3,5-2)6-7-12/h4-7H2,1-3H3,(H,13,16). The van der Waals surface area contributed by atoms with Gasteiger partial charge in [0.2, 0.25) is 0 Å². The Morgan fingerprint density at radius 1 is 1.53 bits per heavy atom. The summed E-state index contributed by atoms with van der Waals surface area (Å²) in [4.78, 5) is 12.8. The highest BCUT2D eigenvalue weighted by Gasteiger charge is 2.26. The van der Waals surface area contributed by atoms with E-state index in [1.165, 1.54) is 11.5 Å². The van der Waals surface area contributed by atoms with Gasteiger partial charge in [-0.25, -0.2) is 0 Å². The molecule has 1 aromatic heterocycles. The Kier molecular flexibility index (Phi) is 5.52. The first-order valence-corrected chi connectivity index (χ1v) is 7.65. The van der Waals surface area contributed by atoms with Crippen LogP contribution in [0.5, 0.6) is 0 Å². The molecule has 0 bridgehead atoms. The molecule has 1 N–H and O–H groups in total. The predicted octanol–water partition coefficient (Wildman–Crippen LogP) is 2.78. The molecule has 0 spiro atoms. The molecule has 0 radical (unpaired) electrons. The molecule has 17 heavy (non-hydrogen) atoms. The summed E-state index contributed by atoms with van der Waals surface area (Å²) in [6.07, 6.45) is 2.54. The van der Waals surface area contributed by atoms with E-state index in [4.69, 9.17) is 0 Å². The second-order valence-electron chi connectivity index (χ2n) is 4.21. The van der Waals surface area contributed by atoms with Crippen LogP contribution in [0.4, 0.5) is 0 Å². The van der Waals surface area contributed by atoms with Gasteiger partial charge in [-0.05, 0) is 37.7 Å². The van der Waals surface area contributed by atoms with E-state index in [2.05, 4.69) is 44.7 Å². The van der Waals surface area contributed by atoms with E-state index in [1.54, 1.807) is 0 Å². The number of carbonyl (C=O) groups is 1. The maximum Gasteiger partial charge on any atom is 0.265 e. The molecule has 96 valence electrons. The molecule has 0 aliphatic heterocycles. The molecule has 1 amide bonds. The summed E-state index contributed by atoms with van der Waals surface area (Å²) in [5.41, 5.74) is 0.611. The summed E-state index contributed by atoms with van der Waals surface area (Å²) in [5.74, 6) is -0.0536. The maximum atomic E-state index is 12.1. The molecule has 1 rings (SSSR count). The van der Waals surface area contributed by atoms with Gasteiger partial charge in [0.25, 0.3) is 5.91 Å². The normalized spacial score (nSPS) is 14.4. The molecule has 1 unspecified atom stereocenters. The predicted molar refractivity (Wildman–Crippen MR) is 73.9 cm³/mol. The first kappa shape index (κ1) is 14.6. The zero-order valence-electron chi connectivity index (χ0n) is 10.4. The number of rotatable bonds is 6. The summed E-state index contributed by atoms with van der Waals surface area (Å²) >= 11 is 4.59. The smallest absolute Gasteiger partial charge is 0.265 e. The van der Waals surface area contributed by atoms with Gasteiger partial charge in [0.05, 0.1) is 5.69 Å². The summed E-state index contributed by atoms with van der Waals surface area (Å²) in [5, 5.41) is 7.91. The van der Waals surface area contributed by atoms with Crippen molar-refractivity contribution in [1.82, 2.24) is 14.9 Å². The van der Waals surface area contributed by atoms with Crippen LogP contribution >= 0.6 is 27.5 Å². The molecule has 6 heteroatoms. The highest BCUT2D eigenvalue weighted by atomic mass is 79.9. The molecule has 1 aromatic rings. The molecule has 0 aliphatic carbocycles. The summed E-state index contributed by atoms with van der Waals surface area (Å²) < 4.78 is 3.84. The Balaban J connectivity index is 2.77. The Hall–Kier alpha value is -0.490. The lowest BCUT2D eigenvalue weighted by Gasteiger charge is -2.28. The molecule has 0 saturated carbocycles. The first-order chi connectivity index (χ1) is 8.06. The molecule has 4 nitrogen and oxygen atoms in total. The van der Waals surface area contributed by atoms with Gasteiger partial charge in [-0.15, -0.1) is 5.10 Å². The fourth-order valence-corrected chi connectivity index (χ4v) is 3.00. The molecule has 0 aromatic carbocycles.